The fourth-order valence-corrected chi connectivity index (χ4v) is 3.19. The summed E-state index contributed by atoms with van der Waals surface area (Å²) in [6.45, 7) is 2.02. The van der Waals surface area contributed by atoms with Crippen LogP contribution < -0.4 is 0 Å². The van der Waals surface area contributed by atoms with Crippen molar-refractivity contribution in [3.05, 3.63) is 118 Å². The summed E-state index contributed by atoms with van der Waals surface area (Å²) >= 11 is 0. The number of rotatable bonds is 6. The lowest BCUT2D eigenvalue weighted by atomic mass is 10.0. The molecule has 0 aliphatic heterocycles. The molecule has 0 saturated carbocycles. The van der Waals surface area contributed by atoms with E-state index in [1.54, 1.807) is 16.8 Å². The second-order valence-corrected chi connectivity index (χ2v) is 7.08. The summed E-state index contributed by atoms with van der Waals surface area (Å²) in [6, 6.07) is 23.4. The highest BCUT2D eigenvalue weighted by atomic mass is 16.6. The summed E-state index contributed by atoms with van der Waals surface area (Å²) in [5.74, 6) is -0.314. The van der Waals surface area contributed by atoms with Crippen LogP contribution in [0.25, 0.3) is 23.0 Å². The third kappa shape index (κ3) is 4.48. The molecule has 0 radical (unpaired) electrons. The van der Waals surface area contributed by atoms with Gasteiger partial charge in [0.2, 0.25) is 0 Å². The second kappa shape index (κ2) is 8.59. The SMILES string of the molecule is Cc1ccc(-c2nn(-c3ccccc3)cc2/C=C/C(=O)c2cccc([N+](=O)[O-])c2)cc1. The van der Waals surface area contributed by atoms with Crippen LogP contribution >= 0.6 is 0 Å². The quantitative estimate of drug-likeness (QED) is 0.178. The van der Waals surface area contributed by atoms with Gasteiger partial charge in [0, 0.05) is 35.0 Å². The Morgan fingerprint density at radius 3 is 2.45 bits per heavy atom. The van der Waals surface area contributed by atoms with Gasteiger partial charge in [-0.25, -0.2) is 4.68 Å². The fourth-order valence-electron chi connectivity index (χ4n) is 3.19. The number of nitrogens with zero attached hydrogens (tertiary/aromatic N) is 3. The van der Waals surface area contributed by atoms with Crippen molar-refractivity contribution in [1.29, 1.82) is 0 Å². The normalized spacial score (nSPS) is 11.0. The van der Waals surface area contributed by atoms with Crippen molar-refractivity contribution in [3.63, 3.8) is 0 Å². The van der Waals surface area contributed by atoms with Crippen molar-refractivity contribution in [2.45, 2.75) is 6.92 Å². The van der Waals surface area contributed by atoms with Crippen molar-refractivity contribution < 1.29 is 9.72 Å². The number of non-ortho nitro benzene ring substituents is 1. The fraction of sp³-hybridized carbons (Fsp3) is 0.0400. The van der Waals surface area contributed by atoms with E-state index in [0.29, 0.717) is 0 Å². The van der Waals surface area contributed by atoms with Crippen molar-refractivity contribution in [3.8, 4) is 16.9 Å². The molecule has 4 aromatic rings. The molecule has 1 heterocycles. The number of aryl methyl sites for hydroxylation is 1. The van der Waals surface area contributed by atoms with Crippen LogP contribution in [0.3, 0.4) is 0 Å². The molecule has 6 heteroatoms. The summed E-state index contributed by atoms with van der Waals surface area (Å²) in [4.78, 5) is 23.1. The molecule has 0 atom stereocenters. The molecule has 0 saturated heterocycles. The van der Waals surface area contributed by atoms with Gasteiger partial charge in [0.05, 0.1) is 16.3 Å². The number of para-hydroxylation sites is 1. The topological polar surface area (TPSA) is 78.0 Å². The van der Waals surface area contributed by atoms with Crippen LogP contribution in [-0.2, 0) is 0 Å². The van der Waals surface area contributed by atoms with E-state index in [4.69, 9.17) is 5.10 Å². The third-order valence-electron chi connectivity index (χ3n) is 4.84. The average molecular weight is 409 g/mol. The molecular weight excluding hydrogens is 390 g/mol. The van der Waals surface area contributed by atoms with Gasteiger partial charge in [0.25, 0.3) is 5.69 Å². The number of hydrogen-bond donors (Lipinski definition) is 0. The lowest BCUT2D eigenvalue weighted by Gasteiger charge is -2.01. The molecule has 0 spiro atoms. The van der Waals surface area contributed by atoms with Crippen molar-refractivity contribution in [2.24, 2.45) is 0 Å². The monoisotopic (exact) mass is 409 g/mol. The van der Waals surface area contributed by atoms with E-state index in [-0.39, 0.29) is 17.0 Å². The van der Waals surface area contributed by atoms with E-state index in [0.717, 1.165) is 28.1 Å². The van der Waals surface area contributed by atoms with Crippen molar-refractivity contribution in [2.75, 3.05) is 0 Å². The Balaban J connectivity index is 1.71. The minimum Gasteiger partial charge on any atom is -0.289 e. The number of aromatic nitrogens is 2. The van der Waals surface area contributed by atoms with Crippen LogP contribution in [0.2, 0.25) is 0 Å². The molecular formula is C25H19N3O3. The van der Waals surface area contributed by atoms with Crippen LogP contribution in [0, 0.1) is 17.0 Å². The molecule has 31 heavy (non-hydrogen) atoms. The number of ketones is 1. The van der Waals surface area contributed by atoms with Gasteiger partial charge >= 0.3 is 0 Å². The number of hydrogen-bond acceptors (Lipinski definition) is 4. The van der Waals surface area contributed by atoms with Crippen LogP contribution in [0.4, 0.5) is 5.69 Å². The van der Waals surface area contributed by atoms with E-state index >= 15 is 0 Å². The average Bonchev–Trinajstić information content (AvgIpc) is 3.23. The zero-order valence-electron chi connectivity index (χ0n) is 16.8. The first-order valence-electron chi connectivity index (χ1n) is 9.70. The van der Waals surface area contributed by atoms with Gasteiger partial charge in [-0.15, -0.1) is 0 Å². The first kappa shape index (κ1) is 20.0. The van der Waals surface area contributed by atoms with E-state index < -0.39 is 4.92 Å². The highest BCUT2D eigenvalue weighted by molar-refractivity contribution is 6.07. The maximum absolute atomic E-state index is 12.6. The van der Waals surface area contributed by atoms with E-state index in [9.17, 15) is 14.9 Å². The first-order valence-corrected chi connectivity index (χ1v) is 9.70. The number of nitro groups is 1. The summed E-state index contributed by atoms with van der Waals surface area (Å²) < 4.78 is 1.77. The Labute approximate surface area is 179 Å². The lowest BCUT2D eigenvalue weighted by molar-refractivity contribution is -0.384. The molecule has 1 aromatic heterocycles. The van der Waals surface area contributed by atoms with E-state index in [2.05, 4.69) is 0 Å². The standard InChI is InChI=1S/C25H19N3O3/c1-18-10-12-19(13-11-18)25-21(17-27(26-25)22-7-3-2-4-8-22)14-15-24(29)20-6-5-9-23(16-20)28(30)31/h2-17H,1H3/b15-14+. The molecule has 3 aromatic carbocycles. The van der Waals surface area contributed by atoms with Crippen LogP contribution in [0.1, 0.15) is 21.5 Å². The predicted octanol–water partition coefficient (Wildman–Crippen LogP) is 5.65. The predicted molar refractivity (Wildman–Crippen MR) is 120 cm³/mol. The number of allylic oxidation sites excluding steroid dienone is 1. The summed E-state index contributed by atoms with van der Waals surface area (Å²) in [7, 11) is 0. The molecule has 0 unspecified atom stereocenters. The Morgan fingerprint density at radius 2 is 1.74 bits per heavy atom. The number of carbonyl (C=O) groups is 1. The molecule has 0 aliphatic carbocycles. The second-order valence-electron chi connectivity index (χ2n) is 7.08. The summed E-state index contributed by atoms with van der Waals surface area (Å²) in [6.07, 6.45) is 4.98. The highest BCUT2D eigenvalue weighted by Gasteiger charge is 2.13. The smallest absolute Gasteiger partial charge is 0.270 e. The third-order valence-corrected chi connectivity index (χ3v) is 4.84. The molecule has 0 N–H and O–H groups in total. The maximum Gasteiger partial charge on any atom is 0.270 e. The van der Waals surface area contributed by atoms with Crippen molar-refractivity contribution in [1.82, 2.24) is 9.78 Å². The minimum absolute atomic E-state index is 0.114. The Hall–Kier alpha value is -4.32. The van der Waals surface area contributed by atoms with Crippen LogP contribution in [0.15, 0.2) is 91.1 Å². The van der Waals surface area contributed by atoms with Gasteiger partial charge in [-0.2, -0.15) is 5.10 Å². The van der Waals surface area contributed by atoms with E-state index in [1.807, 2.05) is 67.7 Å². The highest BCUT2D eigenvalue weighted by Crippen LogP contribution is 2.25. The molecule has 6 nitrogen and oxygen atoms in total. The number of benzene rings is 3. The molecule has 152 valence electrons. The van der Waals surface area contributed by atoms with Gasteiger partial charge in [-0.1, -0.05) is 60.2 Å². The maximum atomic E-state index is 12.6. The zero-order chi connectivity index (χ0) is 21.8. The molecule has 0 fully saturated rings. The van der Waals surface area contributed by atoms with E-state index in [1.165, 1.54) is 24.3 Å². The molecule has 4 rings (SSSR count). The number of carbonyl (C=O) groups excluding carboxylic acids is 1. The summed E-state index contributed by atoms with van der Waals surface area (Å²) in [5.41, 5.74) is 4.64. The summed E-state index contributed by atoms with van der Waals surface area (Å²) in [5, 5.41) is 15.7. The largest absolute Gasteiger partial charge is 0.289 e. The van der Waals surface area contributed by atoms with Gasteiger partial charge in [0.15, 0.2) is 5.78 Å². The van der Waals surface area contributed by atoms with Crippen LogP contribution in [0.5, 0.6) is 0 Å². The Bertz CT molecular complexity index is 1270. The van der Waals surface area contributed by atoms with Crippen LogP contribution in [-0.4, -0.2) is 20.5 Å². The Morgan fingerprint density at radius 1 is 1.00 bits per heavy atom. The molecule has 0 amide bonds. The van der Waals surface area contributed by atoms with Crippen molar-refractivity contribution >= 4 is 17.5 Å². The zero-order valence-corrected chi connectivity index (χ0v) is 16.8. The van der Waals surface area contributed by atoms with Gasteiger partial charge in [-0.05, 0) is 31.2 Å². The van der Waals surface area contributed by atoms with Gasteiger partial charge < -0.3 is 0 Å². The lowest BCUT2D eigenvalue weighted by Crippen LogP contribution is -1.96. The molecule has 0 bridgehead atoms. The van der Waals surface area contributed by atoms with Gasteiger partial charge in [-0.3, -0.25) is 14.9 Å². The van der Waals surface area contributed by atoms with Gasteiger partial charge in [0.1, 0.15) is 0 Å². The Kier molecular flexibility index (Phi) is 5.53. The molecule has 0 aliphatic rings. The number of nitro benzene ring substituents is 1. The first-order chi connectivity index (χ1) is 15.0. The minimum atomic E-state index is -0.514.